The van der Waals surface area contributed by atoms with Gasteiger partial charge in [0, 0.05) is 13.5 Å². The third kappa shape index (κ3) is 1.44. The summed E-state index contributed by atoms with van der Waals surface area (Å²) in [6, 6.07) is 1.45. The standard InChI is InChI=1S/C10H19N/c1-9-5-2-3-6-10-7-4-8-11(9)10/h9-10H,2-8H2,1H3/t9-,10-/m0/s1/i1D. The fourth-order valence-electron chi connectivity index (χ4n) is 2.57. The van der Waals surface area contributed by atoms with E-state index in [1.165, 1.54) is 45.1 Å². The minimum Gasteiger partial charge on any atom is -0.298 e. The van der Waals surface area contributed by atoms with Gasteiger partial charge < -0.3 is 0 Å². The van der Waals surface area contributed by atoms with E-state index in [-0.39, 0.29) is 0 Å². The SMILES string of the molecule is [2H]C[C@H]1CCCC[C@H]2CCCN21. The van der Waals surface area contributed by atoms with Gasteiger partial charge in [-0.2, -0.15) is 0 Å². The molecule has 2 aliphatic rings. The second-order valence-electron chi connectivity index (χ2n) is 3.97. The van der Waals surface area contributed by atoms with Crippen molar-refractivity contribution in [2.24, 2.45) is 0 Å². The first-order valence-corrected chi connectivity index (χ1v) is 4.97. The Balaban J connectivity index is 2.02. The quantitative estimate of drug-likeness (QED) is 0.518. The van der Waals surface area contributed by atoms with E-state index in [2.05, 4.69) is 4.90 Å². The zero-order valence-corrected chi connectivity index (χ0v) is 7.26. The van der Waals surface area contributed by atoms with Crippen LogP contribution in [0, 0.1) is 0 Å². The van der Waals surface area contributed by atoms with Gasteiger partial charge in [0.2, 0.25) is 0 Å². The summed E-state index contributed by atoms with van der Waals surface area (Å²) in [5.41, 5.74) is 0. The van der Waals surface area contributed by atoms with Crippen molar-refractivity contribution in [3.8, 4) is 0 Å². The van der Waals surface area contributed by atoms with E-state index in [4.69, 9.17) is 1.37 Å². The minimum atomic E-state index is 0.597. The fourth-order valence-corrected chi connectivity index (χ4v) is 2.57. The maximum Gasteiger partial charge on any atom is 0.0246 e. The summed E-state index contributed by atoms with van der Waals surface area (Å²) in [5, 5.41) is 0. The number of hydrogen-bond acceptors (Lipinski definition) is 1. The van der Waals surface area contributed by atoms with E-state index >= 15 is 0 Å². The molecule has 0 N–H and O–H groups in total. The van der Waals surface area contributed by atoms with Crippen molar-refractivity contribution >= 4 is 0 Å². The molecule has 0 unspecified atom stereocenters. The molecule has 2 heterocycles. The van der Waals surface area contributed by atoms with Crippen molar-refractivity contribution in [2.45, 2.75) is 57.5 Å². The molecule has 1 nitrogen and oxygen atoms in total. The third-order valence-corrected chi connectivity index (χ3v) is 3.22. The maximum atomic E-state index is 7.50. The first kappa shape index (κ1) is 6.47. The molecule has 0 aromatic heterocycles. The van der Waals surface area contributed by atoms with E-state index in [1.807, 2.05) is 0 Å². The van der Waals surface area contributed by atoms with Crippen molar-refractivity contribution in [1.29, 1.82) is 0 Å². The lowest BCUT2D eigenvalue weighted by molar-refractivity contribution is 0.194. The van der Waals surface area contributed by atoms with Crippen molar-refractivity contribution in [1.82, 2.24) is 4.90 Å². The van der Waals surface area contributed by atoms with Crippen LogP contribution in [0.25, 0.3) is 0 Å². The van der Waals surface area contributed by atoms with E-state index in [0.29, 0.717) is 12.9 Å². The topological polar surface area (TPSA) is 3.24 Å². The van der Waals surface area contributed by atoms with Crippen LogP contribution in [-0.4, -0.2) is 23.5 Å². The highest BCUT2D eigenvalue weighted by atomic mass is 15.2. The third-order valence-electron chi connectivity index (χ3n) is 3.22. The average molecular weight is 154 g/mol. The molecule has 64 valence electrons. The van der Waals surface area contributed by atoms with Crippen LogP contribution in [0.4, 0.5) is 0 Å². The summed E-state index contributed by atoms with van der Waals surface area (Å²) < 4.78 is 7.50. The highest BCUT2D eigenvalue weighted by molar-refractivity contribution is 4.85. The molecule has 0 aromatic rings. The largest absolute Gasteiger partial charge is 0.298 e. The van der Waals surface area contributed by atoms with Crippen LogP contribution in [0.2, 0.25) is 0 Å². The molecule has 0 amide bonds. The first-order chi connectivity index (χ1) is 5.92. The van der Waals surface area contributed by atoms with Crippen LogP contribution < -0.4 is 0 Å². The summed E-state index contributed by atoms with van der Waals surface area (Å²) in [4.78, 5) is 2.61. The Morgan fingerprint density at radius 1 is 1.18 bits per heavy atom. The van der Waals surface area contributed by atoms with Gasteiger partial charge >= 0.3 is 0 Å². The summed E-state index contributed by atoms with van der Waals surface area (Å²) in [6.07, 6.45) is 8.21. The Morgan fingerprint density at radius 3 is 2.91 bits per heavy atom. The lowest BCUT2D eigenvalue weighted by atomic mass is 10.1. The number of fused-ring (bicyclic) bond motifs is 1. The molecule has 2 rings (SSSR count). The van der Waals surface area contributed by atoms with Gasteiger partial charge in [-0.3, -0.25) is 4.90 Å². The van der Waals surface area contributed by atoms with Gasteiger partial charge in [0.25, 0.3) is 0 Å². The normalized spacial score (nSPS) is 41.3. The van der Waals surface area contributed by atoms with E-state index < -0.39 is 0 Å². The summed E-state index contributed by atoms with van der Waals surface area (Å²) in [5.74, 6) is 0. The molecule has 0 radical (unpaired) electrons. The van der Waals surface area contributed by atoms with Gasteiger partial charge in [0.1, 0.15) is 0 Å². The van der Waals surface area contributed by atoms with E-state index in [9.17, 15) is 0 Å². The molecular weight excluding hydrogens is 134 g/mol. The van der Waals surface area contributed by atoms with Gasteiger partial charge in [0.15, 0.2) is 0 Å². The predicted molar refractivity (Wildman–Crippen MR) is 47.7 cm³/mol. The molecule has 2 aliphatic heterocycles. The molecule has 1 heteroatoms. The van der Waals surface area contributed by atoms with E-state index in [0.717, 1.165) is 6.04 Å². The van der Waals surface area contributed by atoms with Crippen LogP contribution in [0.1, 0.15) is 46.8 Å². The van der Waals surface area contributed by atoms with Gasteiger partial charge in [-0.1, -0.05) is 12.8 Å². The Kier molecular flexibility index (Phi) is 1.85. The Morgan fingerprint density at radius 2 is 2.00 bits per heavy atom. The zero-order chi connectivity index (χ0) is 8.39. The van der Waals surface area contributed by atoms with Gasteiger partial charge in [-0.15, -0.1) is 0 Å². The number of rotatable bonds is 0. The van der Waals surface area contributed by atoms with Gasteiger partial charge in [-0.05, 0) is 39.1 Å². The summed E-state index contributed by atoms with van der Waals surface area (Å²) in [7, 11) is 0. The smallest absolute Gasteiger partial charge is 0.0246 e. The molecular formula is C10H19N. The van der Waals surface area contributed by atoms with Gasteiger partial charge in [0.05, 0.1) is 0 Å². The molecule has 0 spiro atoms. The second kappa shape index (κ2) is 3.14. The predicted octanol–water partition coefficient (Wildman–Crippen LogP) is 2.41. The molecule has 2 saturated heterocycles. The average Bonchev–Trinajstić information content (AvgIpc) is 2.46. The Hall–Kier alpha value is -0.0400. The van der Waals surface area contributed by atoms with Crippen LogP contribution in [0.3, 0.4) is 0 Å². The van der Waals surface area contributed by atoms with Crippen molar-refractivity contribution < 1.29 is 1.37 Å². The van der Waals surface area contributed by atoms with Crippen LogP contribution in [-0.2, 0) is 0 Å². The van der Waals surface area contributed by atoms with Gasteiger partial charge in [-0.25, -0.2) is 0 Å². The molecule has 2 atom stereocenters. The molecule has 2 fully saturated rings. The zero-order valence-electron chi connectivity index (χ0n) is 8.26. The lowest BCUT2D eigenvalue weighted by Gasteiger charge is -2.27. The van der Waals surface area contributed by atoms with Crippen LogP contribution >= 0.6 is 0 Å². The highest BCUT2D eigenvalue weighted by Crippen LogP contribution is 2.29. The molecule has 0 aromatic carbocycles. The monoisotopic (exact) mass is 154 g/mol. The van der Waals surface area contributed by atoms with Crippen molar-refractivity contribution in [3.05, 3.63) is 0 Å². The first-order valence-electron chi connectivity index (χ1n) is 5.67. The molecule has 0 bridgehead atoms. The van der Waals surface area contributed by atoms with Crippen LogP contribution in [0.15, 0.2) is 0 Å². The second-order valence-corrected chi connectivity index (χ2v) is 3.97. The number of hydrogen-bond donors (Lipinski definition) is 0. The molecule has 0 aliphatic carbocycles. The summed E-state index contributed by atoms with van der Waals surface area (Å²) in [6.45, 7) is 1.89. The van der Waals surface area contributed by atoms with Crippen molar-refractivity contribution in [2.75, 3.05) is 6.54 Å². The minimum absolute atomic E-state index is 0.597. The summed E-state index contributed by atoms with van der Waals surface area (Å²) >= 11 is 0. The van der Waals surface area contributed by atoms with E-state index in [1.54, 1.807) is 0 Å². The highest BCUT2D eigenvalue weighted by Gasteiger charge is 2.29. The number of nitrogens with zero attached hydrogens (tertiary/aromatic N) is 1. The Labute approximate surface area is 71.2 Å². The molecule has 11 heavy (non-hydrogen) atoms. The van der Waals surface area contributed by atoms with Crippen LogP contribution in [0.5, 0.6) is 0 Å². The molecule has 0 saturated carbocycles. The van der Waals surface area contributed by atoms with Crippen molar-refractivity contribution in [3.63, 3.8) is 0 Å². The fraction of sp³-hybridized carbons (Fsp3) is 1.00. The Bertz CT molecular complexity index is 149. The lowest BCUT2D eigenvalue weighted by Crippen LogP contribution is -2.35. The maximum absolute atomic E-state index is 7.50.